The maximum absolute atomic E-state index is 2.41. The number of rotatable bonds is 3. The summed E-state index contributed by atoms with van der Waals surface area (Å²) in [6.45, 7) is 1.14. The van der Waals surface area contributed by atoms with Crippen LogP contribution in [0.1, 0.15) is 9.75 Å². The van der Waals surface area contributed by atoms with Gasteiger partial charge in [-0.1, -0.05) is 22.6 Å². The number of nitrogens with zero attached hydrogens (tertiary/aromatic N) is 1. The van der Waals surface area contributed by atoms with E-state index in [0.717, 1.165) is 15.5 Å². The third kappa shape index (κ3) is 3.41. The van der Waals surface area contributed by atoms with Gasteiger partial charge >= 0.3 is 0 Å². The van der Waals surface area contributed by atoms with Gasteiger partial charge in [-0.2, -0.15) is 0 Å². The average Bonchev–Trinajstić information content (AvgIpc) is 2.32. The Kier molecular flexibility index (Phi) is 3.55. The third-order valence-electron chi connectivity index (χ3n) is 1.48. The van der Waals surface area contributed by atoms with Crippen molar-refractivity contribution in [3.05, 3.63) is 21.9 Å². The van der Waals surface area contributed by atoms with Gasteiger partial charge in [0, 0.05) is 9.30 Å². The highest BCUT2D eigenvalue weighted by Crippen LogP contribution is 2.21. The molecule has 0 spiro atoms. The number of thiophene rings is 1. The zero-order valence-electron chi connectivity index (χ0n) is 7.80. The molecule has 0 aliphatic heterocycles. The van der Waals surface area contributed by atoms with Gasteiger partial charge in [0.2, 0.25) is 0 Å². The molecule has 0 unspecified atom stereocenters. The molecule has 0 atom stereocenters. The summed E-state index contributed by atoms with van der Waals surface area (Å²) in [4.78, 5) is 2.98. The summed E-state index contributed by atoms with van der Waals surface area (Å²) in [5, 5.41) is 0. The lowest BCUT2D eigenvalue weighted by Crippen LogP contribution is -2.32. The number of alkyl halides is 1. The van der Waals surface area contributed by atoms with Crippen molar-refractivity contribution in [3.63, 3.8) is 0 Å². The molecule has 0 radical (unpaired) electrons. The quantitative estimate of drug-likeness (QED) is 0.457. The Bertz CT molecular complexity index is 249. The summed E-state index contributed by atoms with van der Waals surface area (Å²) in [5.41, 5.74) is 0. The van der Waals surface area contributed by atoms with Crippen LogP contribution in [0, 0.1) is 0 Å². The van der Waals surface area contributed by atoms with Crippen molar-refractivity contribution in [1.82, 2.24) is 0 Å². The Balaban J connectivity index is 2.64. The molecule has 0 saturated carbocycles. The van der Waals surface area contributed by atoms with Crippen molar-refractivity contribution in [2.45, 2.75) is 11.0 Å². The monoisotopic (exact) mass is 296 g/mol. The summed E-state index contributed by atoms with van der Waals surface area (Å²) in [7, 11) is 6.68. The molecule has 1 nitrogen and oxygen atoms in total. The van der Waals surface area contributed by atoms with E-state index in [9.17, 15) is 0 Å². The summed E-state index contributed by atoms with van der Waals surface area (Å²) >= 11 is 4.35. The van der Waals surface area contributed by atoms with Crippen LogP contribution >= 0.6 is 33.9 Å². The summed E-state index contributed by atoms with van der Waals surface area (Å²) in [6.07, 6.45) is 0. The minimum atomic E-state index is 1.02. The van der Waals surface area contributed by atoms with Crippen molar-refractivity contribution in [1.29, 1.82) is 0 Å². The second-order valence-electron chi connectivity index (χ2n) is 3.95. The zero-order valence-corrected chi connectivity index (χ0v) is 10.8. The molecule has 3 heteroatoms. The number of halogens is 1. The Morgan fingerprint density at radius 1 is 1.25 bits per heavy atom. The van der Waals surface area contributed by atoms with Crippen molar-refractivity contribution in [3.8, 4) is 0 Å². The molecular weight excluding hydrogens is 281 g/mol. The first kappa shape index (κ1) is 10.5. The van der Waals surface area contributed by atoms with Gasteiger partial charge in [-0.25, -0.2) is 0 Å². The molecule has 1 aromatic heterocycles. The van der Waals surface area contributed by atoms with E-state index in [1.807, 2.05) is 11.3 Å². The van der Waals surface area contributed by atoms with Gasteiger partial charge in [0.05, 0.1) is 26.0 Å². The molecule has 68 valence electrons. The maximum Gasteiger partial charge on any atom is 0.113 e. The van der Waals surface area contributed by atoms with Crippen LogP contribution in [0.5, 0.6) is 0 Å². The first-order valence-electron chi connectivity index (χ1n) is 3.95. The van der Waals surface area contributed by atoms with E-state index in [1.165, 1.54) is 9.75 Å². The van der Waals surface area contributed by atoms with Crippen LogP contribution in [0.4, 0.5) is 0 Å². The smallest absolute Gasteiger partial charge is 0.113 e. The predicted octanol–water partition coefficient (Wildman–Crippen LogP) is 2.89. The van der Waals surface area contributed by atoms with Gasteiger partial charge in [-0.05, 0) is 12.1 Å². The van der Waals surface area contributed by atoms with E-state index in [4.69, 9.17) is 0 Å². The average molecular weight is 296 g/mol. The fraction of sp³-hybridized carbons (Fsp3) is 0.556. The van der Waals surface area contributed by atoms with Crippen LogP contribution in [0.15, 0.2) is 12.1 Å². The van der Waals surface area contributed by atoms with Crippen molar-refractivity contribution < 1.29 is 4.48 Å². The molecule has 0 aliphatic rings. The van der Waals surface area contributed by atoms with Crippen LogP contribution in [0.3, 0.4) is 0 Å². The first-order valence-corrected chi connectivity index (χ1v) is 6.29. The molecule has 1 aromatic rings. The second kappa shape index (κ2) is 4.07. The van der Waals surface area contributed by atoms with E-state index >= 15 is 0 Å². The van der Waals surface area contributed by atoms with Crippen LogP contribution in [-0.4, -0.2) is 25.6 Å². The Hall–Kier alpha value is 0.390. The highest BCUT2D eigenvalue weighted by atomic mass is 127. The summed E-state index contributed by atoms with van der Waals surface area (Å²) < 4.78 is 2.15. The van der Waals surface area contributed by atoms with Gasteiger partial charge in [-0.15, -0.1) is 11.3 Å². The SMILES string of the molecule is C[N+](C)(C)Cc1ccc(CI)s1. The topological polar surface area (TPSA) is 0 Å². The normalized spacial score (nSPS) is 12.0. The number of quaternary nitrogens is 1. The van der Waals surface area contributed by atoms with E-state index < -0.39 is 0 Å². The second-order valence-corrected chi connectivity index (χ2v) is 5.97. The lowest BCUT2D eigenvalue weighted by Gasteiger charge is -2.22. The molecule has 0 amide bonds. The largest absolute Gasteiger partial charge is 0.326 e. The lowest BCUT2D eigenvalue weighted by molar-refractivity contribution is -0.883. The minimum absolute atomic E-state index is 1.02. The summed E-state index contributed by atoms with van der Waals surface area (Å²) in [6, 6.07) is 4.49. The molecule has 0 fully saturated rings. The van der Waals surface area contributed by atoms with E-state index in [2.05, 4.69) is 55.9 Å². The van der Waals surface area contributed by atoms with Crippen molar-refractivity contribution >= 4 is 33.9 Å². The Labute approximate surface area is 92.1 Å². The Morgan fingerprint density at radius 2 is 1.83 bits per heavy atom. The van der Waals surface area contributed by atoms with Crippen molar-refractivity contribution in [2.75, 3.05) is 21.1 Å². The number of hydrogen-bond donors (Lipinski definition) is 0. The molecule has 0 aromatic carbocycles. The van der Waals surface area contributed by atoms with Crippen molar-refractivity contribution in [2.24, 2.45) is 0 Å². The van der Waals surface area contributed by atoms with Gasteiger partial charge in [0.1, 0.15) is 6.54 Å². The Morgan fingerprint density at radius 3 is 2.25 bits per heavy atom. The first-order chi connectivity index (χ1) is 5.51. The van der Waals surface area contributed by atoms with Gasteiger partial charge in [0.25, 0.3) is 0 Å². The van der Waals surface area contributed by atoms with Crippen LogP contribution in [0.25, 0.3) is 0 Å². The fourth-order valence-corrected chi connectivity index (χ4v) is 2.88. The van der Waals surface area contributed by atoms with E-state index in [0.29, 0.717) is 0 Å². The molecule has 1 heterocycles. The van der Waals surface area contributed by atoms with Crippen LogP contribution < -0.4 is 0 Å². The number of hydrogen-bond acceptors (Lipinski definition) is 1. The maximum atomic E-state index is 2.41. The molecule has 1 rings (SSSR count). The van der Waals surface area contributed by atoms with Gasteiger partial charge in [-0.3, -0.25) is 0 Å². The third-order valence-corrected chi connectivity index (χ3v) is 3.89. The zero-order chi connectivity index (χ0) is 9.19. The molecular formula is C9H15INS+. The molecule has 0 N–H and O–H groups in total. The molecule has 0 bridgehead atoms. The molecule has 0 aliphatic carbocycles. The van der Waals surface area contributed by atoms with E-state index in [-0.39, 0.29) is 0 Å². The lowest BCUT2D eigenvalue weighted by atomic mass is 10.4. The van der Waals surface area contributed by atoms with E-state index in [1.54, 1.807) is 0 Å². The highest BCUT2D eigenvalue weighted by Gasteiger charge is 2.09. The molecule has 12 heavy (non-hydrogen) atoms. The summed E-state index contributed by atoms with van der Waals surface area (Å²) in [5.74, 6) is 0. The van der Waals surface area contributed by atoms with Gasteiger partial charge < -0.3 is 4.48 Å². The van der Waals surface area contributed by atoms with Gasteiger partial charge in [0.15, 0.2) is 0 Å². The van der Waals surface area contributed by atoms with Crippen LogP contribution in [0.2, 0.25) is 0 Å². The highest BCUT2D eigenvalue weighted by molar-refractivity contribution is 14.1. The minimum Gasteiger partial charge on any atom is -0.326 e. The van der Waals surface area contributed by atoms with Crippen LogP contribution in [-0.2, 0) is 11.0 Å². The predicted molar refractivity (Wildman–Crippen MR) is 63.8 cm³/mol. The standard InChI is InChI=1S/C9H15INS/c1-11(2,3)7-9-5-4-8(6-10)12-9/h4-5H,6-7H2,1-3H3/q+1. The fourth-order valence-electron chi connectivity index (χ4n) is 1.05. The molecule has 0 saturated heterocycles.